The molecule has 262 valence electrons. The lowest BCUT2D eigenvalue weighted by atomic mass is 10.0. The van der Waals surface area contributed by atoms with E-state index in [0.29, 0.717) is 0 Å². The molecule has 0 aromatic rings. The van der Waals surface area contributed by atoms with Crippen LogP contribution in [0.1, 0.15) is 181 Å². The molecule has 0 radical (unpaired) electrons. The number of hydrogen-bond acceptors (Lipinski definition) is 3. The molecular formula is C42H79N3. The summed E-state index contributed by atoms with van der Waals surface area (Å²) in [5, 5.41) is 3.51. The molecule has 0 fully saturated rings. The first-order valence-corrected chi connectivity index (χ1v) is 19.7. The van der Waals surface area contributed by atoms with Crippen LogP contribution in [0.5, 0.6) is 0 Å². The normalized spacial score (nSPS) is 12.3. The summed E-state index contributed by atoms with van der Waals surface area (Å²) < 4.78 is 0. The van der Waals surface area contributed by atoms with Crippen molar-refractivity contribution in [3.05, 3.63) is 48.6 Å². The highest BCUT2D eigenvalue weighted by Gasteiger charge is 2.02. The first-order chi connectivity index (χ1) is 22.2. The number of hydrogen-bond donors (Lipinski definition) is 1. The van der Waals surface area contributed by atoms with E-state index in [9.17, 15) is 0 Å². The maximum atomic E-state index is 5.00. The fourth-order valence-electron chi connectivity index (χ4n) is 5.47. The van der Waals surface area contributed by atoms with Crippen molar-refractivity contribution in [1.29, 1.82) is 0 Å². The molecule has 0 bridgehead atoms. The molecule has 0 atom stereocenters. The Kier molecular flexibility index (Phi) is 37.5. The van der Waals surface area contributed by atoms with Gasteiger partial charge >= 0.3 is 0 Å². The van der Waals surface area contributed by atoms with Gasteiger partial charge in [0.15, 0.2) is 0 Å². The summed E-state index contributed by atoms with van der Waals surface area (Å²) in [7, 11) is 4.26. The topological polar surface area (TPSA) is 27.6 Å². The number of aliphatic imine (C=N–C) groups is 1. The van der Waals surface area contributed by atoms with Crippen LogP contribution in [0.15, 0.2) is 53.6 Å². The van der Waals surface area contributed by atoms with Crippen molar-refractivity contribution in [2.24, 2.45) is 4.99 Å². The Bertz CT molecular complexity index is 665. The molecule has 0 aromatic carbocycles. The molecule has 0 rings (SSSR count). The average molecular weight is 626 g/mol. The molecule has 0 aliphatic carbocycles. The predicted molar refractivity (Wildman–Crippen MR) is 207 cm³/mol. The molecule has 0 aromatic heterocycles. The second kappa shape index (κ2) is 38.7. The molecular weight excluding hydrogens is 546 g/mol. The van der Waals surface area contributed by atoms with Crippen molar-refractivity contribution >= 4 is 5.71 Å². The van der Waals surface area contributed by atoms with E-state index >= 15 is 0 Å². The highest BCUT2D eigenvalue weighted by molar-refractivity contribution is 5.84. The first-order valence-electron chi connectivity index (χ1n) is 19.7. The van der Waals surface area contributed by atoms with Crippen LogP contribution < -0.4 is 5.32 Å². The molecule has 0 heterocycles. The summed E-state index contributed by atoms with van der Waals surface area (Å²) in [6, 6.07) is 0. The van der Waals surface area contributed by atoms with Crippen LogP contribution in [0.25, 0.3) is 0 Å². The Morgan fingerprint density at radius 1 is 0.489 bits per heavy atom. The van der Waals surface area contributed by atoms with Crippen molar-refractivity contribution in [2.45, 2.75) is 181 Å². The Balaban J connectivity index is 3.94. The van der Waals surface area contributed by atoms with Crippen LogP contribution in [0.4, 0.5) is 0 Å². The van der Waals surface area contributed by atoms with Crippen molar-refractivity contribution in [3.8, 4) is 0 Å². The van der Waals surface area contributed by atoms with E-state index in [-0.39, 0.29) is 0 Å². The highest BCUT2D eigenvalue weighted by atomic mass is 15.1. The van der Waals surface area contributed by atoms with Crippen LogP contribution in [-0.2, 0) is 0 Å². The van der Waals surface area contributed by atoms with Gasteiger partial charge in [-0.2, -0.15) is 0 Å². The number of likely N-dealkylation sites (N-methyl/N-ethyl adjacent to an activating group) is 1. The minimum Gasteiger partial charge on any atom is -0.308 e. The molecule has 0 spiro atoms. The van der Waals surface area contributed by atoms with Crippen molar-refractivity contribution in [1.82, 2.24) is 10.2 Å². The molecule has 3 nitrogen and oxygen atoms in total. The van der Waals surface area contributed by atoms with Crippen molar-refractivity contribution in [3.63, 3.8) is 0 Å². The molecule has 0 amide bonds. The van der Waals surface area contributed by atoms with E-state index in [4.69, 9.17) is 4.99 Å². The van der Waals surface area contributed by atoms with E-state index in [0.717, 1.165) is 32.6 Å². The third-order valence-electron chi connectivity index (χ3n) is 8.48. The van der Waals surface area contributed by atoms with Crippen molar-refractivity contribution < 1.29 is 0 Å². The van der Waals surface area contributed by atoms with E-state index in [1.54, 1.807) is 0 Å². The minimum absolute atomic E-state index is 0.785. The number of unbranched alkanes of at least 4 members (excludes halogenated alkanes) is 18. The minimum atomic E-state index is 0.785. The maximum absolute atomic E-state index is 5.00. The predicted octanol–water partition coefficient (Wildman–Crippen LogP) is 12.9. The van der Waals surface area contributed by atoms with Gasteiger partial charge in [-0.05, 0) is 104 Å². The quantitative estimate of drug-likeness (QED) is 0.0431. The molecule has 0 aliphatic rings. The zero-order valence-corrected chi connectivity index (χ0v) is 31.0. The first kappa shape index (κ1) is 43.5. The summed E-state index contributed by atoms with van der Waals surface area (Å²) >= 11 is 0. The van der Waals surface area contributed by atoms with Gasteiger partial charge < -0.3 is 4.90 Å². The van der Waals surface area contributed by atoms with Gasteiger partial charge in [0.25, 0.3) is 0 Å². The van der Waals surface area contributed by atoms with Gasteiger partial charge in [-0.25, -0.2) is 0 Å². The summed E-state index contributed by atoms with van der Waals surface area (Å²) in [6.45, 7) is 7.41. The second-order valence-electron chi connectivity index (χ2n) is 13.4. The Morgan fingerprint density at radius 2 is 0.867 bits per heavy atom. The van der Waals surface area contributed by atoms with Gasteiger partial charge in [0, 0.05) is 18.8 Å². The molecule has 45 heavy (non-hydrogen) atoms. The van der Waals surface area contributed by atoms with Gasteiger partial charge in [-0.1, -0.05) is 140 Å². The smallest absolute Gasteiger partial charge is 0.0884 e. The number of rotatable bonds is 35. The monoisotopic (exact) mass is 626 g/mol. The lowest BCUT2D eigenvalue weighted by Gasteiger charge is -2.11. The molecule has 0 saturated carbocycles. The van der Waals surface area contributed by atoms with Crippen LogP contribution in [-0.4, -0.2) is 44.5 Å². The zero-order valence-electron chi connectivity index (χ0n) is 31.0. The fraction of sp³-hybridized carbons (Fsp3) is 0.786. The van der Waals surface area contributed by atoms with E-state index < -0.39 is 0 Å². The zero-order chi connectivity index (χ0) is 32.7. The summed E-state index contributed by atoms with van der Waals surface area (Å²) in [4.78, 5) is 7.23. The molecule has 1 N–H and O–H groups in total. The van der Waals surface area contributed by atoms with Gasteiger partial charge in [0.1, 0.15) is 0 Å². The van der Waals surface area contributed by atoms with Gasteiger partial charge in [0.2, 0.25) is 0 Å². The SMILES string of the molecule is CCCCC/C=C\C/C=C\CCCCCCCCC(CCCCCCCC/C=C\C/C=C\CCCCC)=NCNCCN(C)C. The molecule has 3 heteroatoms. The van der Waals surface area contributed by atoms with Gasteiger partial charge in [-0.3, -0.25) is 10.3 Å². The van der Waals surface area contributed by atoms with E-state index in [1.165, 1.54) is 160 Å². The number of allylic oxidation sites excluding steroid dienone is 8. The van der Waals surface area contributed by atoms with Crippen LogP contribution in [0.2, 0.25) is 0 Å². The lowest BCUT2D eigenvalue weighted by molar-refractivity contribution is 0.402. The highest BCUT2D eigenvalue weighted by Crippen LogP contribution is 2.14. The van der Waals surface area contributed by atoms with Gasteiger partial charge in [-0.15, -0.1) is 0 Å². The molecule has 0 saturated heterocycles. The Hall–Kier alpha value is -1.45. The maximum Gasteiger partial charge on any atom is 0.0884 e. The Labute approximate surface area is 283 Å². The van der Waals surface area contributed by atoms with Gasteiger partial charge in [0.05, 0.1) is 6.67 Å². The second-order valence-corrected chi connectivity index (χ2v) is 13.4. The summed E-state index contributed by atoms with van der Waals surface area (Å²) in [5.74, 6) is 0. The van der Waals surface area contributed by atoms with Crippen LogP contribution >= 0.6 is 0 Å². The largest absolute Gasteiger partial charge is 0.308 e. The fourth-order valence-corrected chi connectivity index (χ4v) is 5.47. The third-order valence-corrected chi connectivity index (χ3v) is 8.48. The third kappa shape index (κ3) is 38.6. The molecule has 0 unspecified atom stereocenters. The number of nitrogens with zero attached hydrogens (tertiary/aromatic N) is 2. The average Bonchev–Trinajstić information content (AvgIpc) is 3.03. The summed E-state index contributed by atoms with van der Waals surface area (Å²) in [6.07, 6.45) is 52.8. The standard InChI is InChI=1S/C42H79N3/c1-5-7-9-11-13-15-17-19-21-23-25-27-29-31-33-35-37-42(44-41-43-39-40-45(3)4)38-36-34-32-30-28-26-24-22-20-18-16-14-12-10-8-6-2/h13-16,19-22,43H,5-12,17-18,23-41H2,1-4H3/b15-13-,16-14-,21-19-,22-20-. The lowest BCUT2D eigenvalue weighted by Crippen LogP contribution is -2.27. The van der Waals surface area contributed by atoms with Crippen LogP contribution in [0, 0.1) is 0 Å². The molecule has 0 aliphatic heterocycles. The van der Waals surface area contributed by atoms with Crippen LogP contribution in [0.3, 0.4) is 0 Å². The van der Waals surface area contributed by atoms with E-state index in [2.05, 4.69) is 86.8 Å². The number of nitrogens with one attached hydrogen (secondary N) is 1. The Morgan fingerprint density at radius 3 is 1.27 bits per heavy atom. The van der Waals surface area contributed by atoms with Crippen molar-refractivity contribution in [2.75, 3.05) is 33.9 Å². The van der Waals surface area contributed by atoms with E-state index in [1.807, 2.05) is 0 Å². The summed E-state index contributed by atoms with van der Waals surface area (Å²) in [5.41, 5.74) is 1.46.